The first-order valence-electron chi connectivity index (χ1n) is 5.66. The maximum atomic E-state index is 13.6. The molecule has 0 amide bonds. The van der Waals surface area contributed by atoms with Gasteiger partial charge in [-0.25, -0.2) is 4.39 Å². The van der Waals surface area contributed by atoms with Crippen LogP contribution in [0.3, 0.4) is 0 Å². The summed E-state index contributed by atoms with van der Waals surface area (Å²) in [6.45, 7) is 2.23. The minimum Gasteiger partial charge on any atom is -0.377 e. The van der Waals surface area contributed by atoms with E-state index in [0.29, 0.717) is 6.54 Å². The molecule has 1 aromatic carbocycles. The average molecular weight is 261 g/mol. The Morgan fingerprint density at radius 1 is 1.37 bits per heavy atom. The van der Waals surface area contributed by atoms with Gasteiger partial charge < -0.3 is 5.32 Å². The van der Waals surface area contributed by atoms with Crippen molar-refractivity contribution in [1.29, 1.82) is 0 Å². The summed E-state index contributed by atoms with van der Waals surface area (Å²) in [6, 6.07) is 9.06. The lowest BCUT2D eigenvalue weighted by Gasteiger charge is -2.07. The SMILES string of the molecule is Cc1cccc(CNc2ccc([N+](=O)[O-])cc2F)n1. The van der Waals surface area contributed by atoms with E-state index in [1.807, 2.05) is 25.1 Å². The molecule has 19 heavy (non-hydrogen) atoms. The molecule has 0 unspecified atom stereocenters. The molecule has 0 aliphatic rings. The lowest BCUT2D eigenvalue weighted by molar-refractivity contribution is -0.385. The molecule has 0 aliphatic carbocycles. The van der Waals surface area contributed by atoms with Crippen LogP contribution in [0.15, 0.2) is 36.4 Å². The minimum absolute atomic E-state index is 0.217. The lowest BCUT2D eigenvalue weighted by atomic mass is 10.2. The first-order chi connectivity index (χ1) is 9.06. The molecule has 1 N–H and O–H groups in total. The fourth-order valence-corrected chi connectivity index (χ4v) is 1.64. The summed E-state index contributed by atoms with van der Waals surface area (Å²) in [4.78, 5) is 14.1. The van der Waals surface area contributed by atoms with Gasteiger partial charge >= 0.3 is 0 Å². The summed E-state index contributed by atoms with van der Waals surface area (Å²) in [7, 11) is 0. The third kappa shape index (κ3) is 3.25. The van der Waals surface area contributed by atoms with Crippen molar-refractivity contribution in [2.75, 3.05) is 5.32 Å². The van der Waals surface area contributed by atoms with E-state index in [4.69, 9.17) is 0 Å². The van der Waals surface area contributed by atoms with Gasteiger partial charge in [0.15, 0.2) is 5.82 Å². The number of halogens is 1. The number of aryl methyl sites for hydroxylation is 1. The van der Waals surface area contributed by atoms with E-state index in [1.165, 1.54) is 12.1 Å². The molecule has 0 fully saturated rings. The summed E-state index contributed by atoms with van der Waals surface area (Å²) in [5, 5.41) is 13.4. The zero-order valence-electron chi connectivity index (χ0n) is 10.3. The summed E-state index contributed by atoms with van der Waals surface area (Å²) in [5.74, 6) is -0.651. The van der Waals surface area contributed by atoms with Crippen LogP contribution >= 0.6 is 0 Å². The number of benzene rings is 1. The van der Waals surface area contributed by atoms with Crippen LogP contribution in [0.1, 0.15) is 11.4 Å². The van der Waals surface area contributed by atoms with E-state index in [-0.39, 0.29) is 11.4 Å². The van der Waals surface area contributed by atoms with Crippen molar-refractivity contribution in [2.24, 2.45) is 0 Å². The highest BCUT2D eigenvalue weighted by atomic mass is 19.1. The number of nitrogens with one attached hydrogen (secondary N) is 1. The minimum atomic E-state index is -0.651. The predicted octanol–water partition coefficient (Wildman–Crippen LogP) is 3.05. The highest BCUT2D eigenvalue weighted by molar-refractivity contribution is 5.50. The van der Waals surface area contributed by atoms with Crippen molar-refractivity contribution < 1.29 is 9.31 Å². The molecule has 0 bridgehead atoms. The summed E-state index contributed by atoms with van der Waals surface area (Å²) in [5.41, 5.74) is 1.60. The molecular formula is C13H12FN3O2. The highest BCUT2D eigenvalue weighted by Crippen LogP contribution is 2.20. The van der Waals surface area contributed by atoms with Crippen LogP contribution in [-0.2, 0) is 6.54 Å². The Kier molecular flexibility index (Phi) is 3.70. The Balaban J connectivity index is 2.10. The zero-order valence-corrected chi connectivity index (χ0v) is 10.3. The number of non-ortho nitro benzene ring substituents is 1. The molecule has 1 heterocycles. The normalized spacial score (nSPS) is 10.2. The van der Waals surface area contributed by atoms with Crippen molar-refractivity contribution in [3.8, 4) is 0 Å². The van der Waals surface area contributed by atoms with Crippen LogP contribution in [0.5, 0.6) is 0 Å². The monoisotopic (exact) mass is 261 g/mol. The average Bonchev–Trinajstić information content (AvgIpc) is 2.37. The van der Waals surface area contributed by atoms with E-state index in [0.717, 1.165) is 17.5 Å². The maximum Gasteiger partial charge on any atom is 0.272 e. The van der Waals surface area contributed by atoms with Crippen LogP contribution in [-0.4, -0.2) is 9.91 Å². The number of pyridine rings is 1. The van der Waals surface area contributed by atoms with Crippen molar-refractivity contribution in [1.82, 2.24) is 4.98 Å². The molecule has 2 rings (SSSR count). The van der Waals surface area contributed by atoms with Gasteiger partial charge in [-0.2, -0.15) is 0 Å². The number of anilines is 1. The van der Waals surface area contributed by atoms with Gasteiger partial charge in [0.25, 0.3) is 5.69 Å². The van der Waals surface area contributed by atoms with E-state index < -0.39 is 10.7 Å². The van der Waals surface area contributed by atoms with Crippen LogP contribution in [0.25, 0.3) is 0 Å². The van der Waals surface area contributed by atoms with Crippen molar-refractivity contribution in [3.63, 3.8) is 0 Å². The Hall–Kier alpha value is -2.50. The van der Waals surface area contributed by atoms with Gasteiger partial charge in [0, 0.05) is 11.8 Å². The Labute approximate surface area is 109 Å². The Morgan fingerprint density at radius 3 is 2.79 bits per heavy atom. The van der Waals surface area contributed by atoms with Crippen LogP contribution in [0, 0.1) is 22.9 Å². The van der Waals surface area contributed by atoms with Gasteiger partial charge in [-0.1, -0.05) is 6.07 Å². The number of nitro groups is 1. The molecule has 0 atom stereocenters. The number of hydrogen-bond acceptors (Lipinski definition) is 4. The fourth-order valence-electron chi connectivity index (χ4n) is 1.64. The Bertz CT molecular complexity index is 617. The van der Waals surface area contributed by atoms with Gasteiger partial charge in [0.2, 0.25) is 0 Å². The molecule has 98 valence electrons. The molecule has 2 aromatic rings. The quantitative estimate of drug-likeness (QED) is 0.678. The number of rotatable bonds is 4. The van der Waals surface area contributed by atoms with Crippen LogP contribution < -0.4 is 5.32 Å². The lowest BCUT2D eigenvalue weighted by Crippen LogP contribution is -2.04. The second-order valence-corrected chi connectivity index (χ2v) is 4.05. The smallest absolute Gasteiger partial charge is 0.272 e. The number of nitrogens with zero attached hydrogens (tertiary/aromatic N) is 2. The second-order valence-electron chi connectivity index (χ2n) is 4.05. The molecule has 0 spiro atoms. The molecule has 1 aromatic heterocycles. The number of hydrogen-bond donors (Lipinski definition) is 1. The zero-order chi connectivity index (χ0) is 13.8. The molecule has 0 radical (unpaired) electrons. The van der Waals surface area contributed by atoms with Crippen LogP contribution in [0.2, 0.25) is 0 Å². The summed E-state index contributed by atoms with van der Waals surface area (Å²) >= 11 is 0. The standard InChI is InChI=1S/C13H12FN3O2/c1-9-3-2-4-10(16-9)8-15-13-6-5-11(17(18)19)7-12(13)14/h2-7,15H,8H2,1H3. The van der Waals surface area contributed by atoms with Gasteiger partial charge in [-0.05, 0) is 25.1 Å². The third-order valence-electron chi connectivity index (χ3n) is 2.57. The van der Waals surface area contributed by atoms with Crippen molar-refractivity contribution in [3.05, 3.63) is 63.7 Å². The molecule has 0 saturated carbocycles. The van der Waals surface area contributed by atoms with Gasteiger partial charge in [0.1, 0.15) is 0 Å². The van der Waals surface area contributed by atoms with E-state index in [2.05, 4.69) is 10.3 Å². The van der Waals surface area contributed by atoms with Crippen molar-refractivity contribution in [2.45, 2.75) is 13.5 Å². The van der Waals surface area contributed by atoms with Crippen molar-refractivity contribution >= 4 is 11.4 Å². The molecule has 0 aliphatic heterocycles. The third-order valence-corrected chi connectivity index (χ3v) is 2.57. The highest BCUT2D eigenvalue weighted by Gasteiger charge is 2.10. The predicted molar refractivity (Wildman–Crippen MR) is 69.4 cm³/mol. The first kappa shape index (κ1) is 12.9. The van der Waals surface area contributed by atoms with Crippen LogP contribution in [0.4, 0.5) is 15.8 Å². The van der Waals surface area contributed by atoms with Gasteiger partial charge in [-0.3, -0.25) is 15.1 Å². The second kappa shape index (κ2) is 5.43. The Morgan fingerprint density at radius 2 is 2.16 bits per heavy atom. The van der Waals surface area contributed by atoms with Gasteiger partial charge in [-0.15, -0.1) is 0 Å². The van der Waals surface area contributed by atoms with E-state index >= 15 is 0 Å². The van der Waals surface area contributed by atoms with E-state index in [1.54, 1.807) is 0 Å². The summed E-state index contributed by atoms with van der Waals surface area (Å²) < 4.78 is 13.6. The molecule has 5 nitrogen and oxygen atoms in total. The maximum absolute atomic E-state index is 13.6. The molecular weight excluding hydrogens is 249 g/mol. The first-order valence-corrected chi connectivity index (χ1v) is 5.66. The number of aromatic nitrogens is 1. The number of nitro benzene ring substituents is 1. The largest absolute Gasteiger partial charge is 0.377 e. The molecule has 6 heteroatoms. The van der Waals surface area contributed by atoms with Gasteiger partial charge in [0.05, 0.1) is 28.9 Å². The fraction of sp³-hybridized carbons (Fsp3) is 0.154. The topological polar surface area (TPSA) is 68.1 Å². The summed E-state index contributed by atoms with van der Waals surface area (Å²) in [6.07, 6.45) is 0. The molecule has 0 saturated heterocycles. The van der Waals surface area contributed by atoms with E-state index in [9.17, 15) is 14.5 Å².